The number of ether oxygens (including phenoxy) is 1. The van der Waals surface area contributed by atoms with E-state index in [0.29, 0.717) is 13.2 Å². The highest BCUT2D eigenvalue weighted by Crippen LogP contribution is 2.12. The number of carbonyl (C=O) groups excluding carboxylic acids is 1. The van der Waals surface area contributed by atoms with Crippen LogP contribution in [0.1, 0.15) is 24.2 Å². The van der Waals surface area contributed by atoms with E-state index in [-0.39, 0.29) is 18.2 Å². The van der Waals surface area contributed by atoms with Gasteiger partial charge in [-0.2, -0.15) is 0 Å². The maximum Gasteiger partial charge on any atom is 0.179 e. The molecule has 0 aliphatic rings. The standard InChI is InChI=1S/C14H19F2NO2/c1-10(2)17(6-7-19-3)9-14(18)12-8-11(15)4-5-13(12)16/h4-5,8,10H,6-7,9H2,1-3H3. The lowest BCUT2D eigenvalue weighted by molar-refractivity contribution is 0.0848. The minimum absolute atomic E-state index is 0.0431. The lowest BCUT2D eigenvalue weighted by Gasteiger charge is -2.25. The molecular weight excluding hydrogens is 252 g/mol. The number of nitrogens with zero attached hydrogens (tertiary/aromatic N) is 1. The number of halogens is 2. The second-order valence-electron chi connectivity index (χ2n) is 4.60. The number of Topliss-reactive ketones (excluding diaryl/α,β-unsaturated/α-hetero) is 1. The van der Waals surface area contributed by atoms with Gasteiger partial charge in [0.05, 0.1) is 18.7 Å². The molecule has 0 aromatic heterocycles. The van der Waals surface area contributed by atoms with Crippen molar-refractivity contribution in [2.24, 2.45) is 0 Å². The Bertz CT molecular complexity index is 435. The molecule has 0 amide bonds. The maximum absolute atomic E-state index is 13.5. The summed E-state index contributed by atoms with van der Waals surface area (Å²) in [5.41, 5.74) is -0.205. The lowest BCUT2D eigenvalue weighted by atomic mass is 10.1. The van der Waals surface area contributed by atoms with Gasteiger partial charge in [0.1, 0.15) is 11.6 Å². The molecule has 19 heavy (non-hydrogen) atoms. The summed E-state index contributed by atoms with van der Waals surface area (Å²) in [6.45, 7) is 4.96. The Morgan fingerprint density at radius 1 is 1.37 bits per heavy atom. The third kappa shape index (κ3) is 4.69. The van der Waals surface area contributed by atoms with Crippen molar-refractivity contribution in [3.05, 3.63) is 35.4 Å². The molecule has 1 aromatic carbocycles. The summed E-state index contributed by atoms with van der Waals surface area (Å²) in [5, 5.41) is 0. The van der Waals surface area contributed by atoms with Crippen molar-refractivity contribution >= 4 is 5.78 Å². The molecule has 1 rings (SSSR count). The number of benzene rings is 1. The van der Waals surface area contributed by atoms with Crippen molar-refractivity contribution in [2.75, 3.05) is 26.8 Å². The molecule has 0 N–H and O–H groups in total. The molecule has 0 radical (unpaired) electrons. The van der Waals surface area contributed by atoms with Crippen molar-refractivity contribution in [3.63, 3.8) is 0 Å². The van der Waals surface area contributed by atoms with Crippen LogP contribution in [-0.2, 0) is 4.74 Å². The zero-order valence-corrected chi connectivity index (χ0v) is 11.5. The molecule has 0 atom stereocenters. The van der Waals surface area contributed by atoms with Gasteiger partial charge in [0, 0.05) is 19.7 Å². The molecule has 5 heteroatoms. The van der Waals surface area contributed by atoms with Gasteiger partial charge in [0.25, 0.3) is 0 Å². The van der Waals surface area contributed by atoms with E-state index in [1.54, 1.807) is 7.11 Å². The molecule has 0 fully saturated rings. The second-order valence-corrected chi connectivity index (χ2v) is 4.60. The average molecular weight is 271 g/mol. The van der Waals surface area contributed by atoms with Gasteiger partial charge in [0.15, 0.2) is 5.78 Å². The first kappa shape index (κ1) is 15.7. The Morgan fingerprint density at radius 2 is 2.05 bits per heavy atom. The largest absolute Gasteiger partial charge is 0.383 e. The summed E-state index contributed by atoms with van der Waals surface area (Å²) in [5.74, 6) is -1.73. The third-order valence-corrected chi connectivity index (χ3v) is 2.89. The van der Waals surface area contributed by atoms with Crippen LogP contribution in [0.5, 0.6) is 0 Å². The minimum Gasteiger partial charge on any atom is -0.383 e. The molecule has 0 saturated heterocycles. The zero-order chi connectivity index (χ0) is 14.4. The summed E-state index contributed by atoms with van der Waals surface area (Å²) < 4.78 is 31.5. The van der Waals surface area contributed by atoms with Crippen LogP contribution in [0.3, 0.4) is 0 Å². The molecule has 1 aromatic rings. The monoisotopic (exact) mass is 271 g/mol. The highest BCUT2D eigenvalue weighted by Gasteiger charge is 2.18. The smallest absolute Gasteiger partial charge is 0.179 e. The molecule has 3 nitrogen and oxygen atoms in total. The Labute approximate surface area is 112 Å². The van der Waals surface area contributed by atoms with Crippen LogP contribution in [0.15, 0.2) is 18.2 Å². The molecule has 0 aliphatic heterocycles. The fourth-order valence-corrected chi connectivity index (χ4v) is 1.71. The maximum atomic E-state index is 13.5. The second kappa shape index (κ2) is 7.31. The van der Waals surface area contributed by atoms with E-state index in [2.05, 4.69) is 0 Å². The summed E-state index contributed by atoms with van der Waals surface area (Å²) >= 11 is 0. The van der Waals surface area contributed by atoms with E-state index in [0.717, 1.165) is 18.2 Å². The molecule has 0 unspecified atom stereocenters. The van der Waals surface area contributed by atoms with Crippen LogP contribution < -0.4 is 0 Å². The van der Waals surface area contributed by atoms with E-state index < -0.39 is 17.4 Å². The number of rotatable bonds is 7. The zero-order valence-electron chi connectivity index (χ0n) is 11.5. The van der Waals surface area contributed by atoms with Crippen molar-refractivity contribution in [1.29, 1.82) is 0 Å². The molecule has 0 spiro atoms. The van der Waals surface area contributed by atoms with Gasteiger partial charge >= 0.3 is 0 Å². The number of hydrogen-bond donors (Lipinski definition) is 0. The number of ketones is 1. The van der Waals surface area contributed by atoms with Gasteiger partial charge < -0.3 is 4.74 Å². The normalized spacial score (nSPS) is 11.3. The van der Waals surface area contributed by atoms with Gasteiger partial charge in [-0.25, -0.2) is 8.78 Å². The molecular formula is C14H19F2NO2. The lowest BCUT2D eigenvalue weighted by Crippen LogP contribution is -2.38. The highest BCUT2D eigenvalue weighted by atomic mass is 19.1. The van der Waals surface area contributed by atoms with Crippen LogP contribution in [0.4, 0.5) is 8.78 Å². The molecule has 0 bridgehead atoms. The fourth-order valence-electron chi connectivity index (χ4n) is 1.71. The third-order valence-electron chi connectivity index (χ3n) is 2.89. The van der Waals surface area contributed by atoms with E-state index in [1.165, 1.54) is 0 Å². The van der Waals surface area contributed by atoms with E-state index in [1.807, 2.05) is 18.7 Å². The molecule has 106 valence electrons. The first-order chi connectivity index (χ1) is 8.95. The average Bonchev–Trinajstić information content (AvgIpc) is 2.36. The van der Waals surface area contributed by atoms with Crippen molar-refractivity contribution in [2.45, 2.75) is 19.9 Å². The Morgan fingerprint density at radius 3 is 2.63 bits per heavy atom. The fraction of sp³-hybridized carbons (Fsp3) is 0.500. The van der Waals surface area contributed by atoms with Crippen LogP contribution in [0.25, 0.3) is 0 Å². The van der Waals surface area contributed by atoms with Crippen LogP contribution in [-0.4, -0.2) is 43.5 Å². The predicted octanol–water partition coefficient (Wildman–Crippen LogP) is 2.50. The van der Waals surface area contributed by atoms with E-state index in [9.17, 15) is 13.6 Å². The highest BCUT2D eigenvalue weighted by molar-refractivity contribution is 5.97. The quantitative estimate of drug-likeness (QED) is 0.714. The Balaban J connectivity index is 2.78. The van der Waals surface area contributed by atoms with Crippen LogP contribution in [0, 0.1) is 11.6 Å². The number of hydrogen-bond acceptors (Lipinski definition) is 3. The minimum atomic E-state index is -0.693. The van der Waals surface area contributed by atoms with Gasteiger partial charge in [0.2, 0.25) is 0 Å². The van der Waals surface area contributed by atoms with Gasteiger partial charge in [-0.3, -0.25) is 9.69 Å². The van der Waals surface area contributed by atoms with Crippen LogP contribution >= 0.6 is 0 Å². The van der Waals surface area contributed by atoms with Crippen molar-refractivity contribution in [1.82, 2.24) is 4.90 Å². The summed E-state index contributed by atoms with van der Waals surface area (Å²) in [7, 11) is 1.58. The Kier molecular flexibility index (Phi) is 6.05. The van der Waals surface area contributed by atoms with Gasteiger partial charge in [-0.15, -0.1) is 0 Å². The van der Waals surface area contributed by atoms with Crippen molar-refractivity contribution < 1.29 is 18.3 Å². The first-order valence-corrected chi connectivity index (χ1v) is 6.17. The summed E-state index contributed by atoms with van der Waals surface area (Å²) in [6, 6.07) is 3.02. The first-order valence-electron chi connectivity index (χ1n) is 6.17. The summed E-state index contributed by atoms with van der Waals surface area (Å²) in [4.78, 5) is 13.9. The number of methoxy groups -OCH3 is 1. The predicted molar refractivity (Wildman–Crippen MR) is 69.3 cm³/mol. The summed E-state index contributed by atoms with van der Waals surface area (Å²) in [6.07, 6.45) is 0. The Hall–Kier alpha value is -1.33. The topological polar surface area (TPSA) is 29.5 Å². The SMILES string of the molecule is COCCN(CC(=O)c1cc(F)ccc1F)C(C)C. The number of carbonyl (C=O) groups is 1. The van der Waals surface area contributed by atoms with E-state index in [4.69, 9.17) is 4.74 Å². The molecule has 0 saturated carbocycles. The van der Waals surface area contributed by atoms with E-state index >= 15 is 0 Å². The van der Waals surface area contributed by atoms with Gasteiger partial charge in [-0.05, 0) is 32.0 Å². The van der Waals surface area contributed by atoms with Gasteiger partial charge in [-0.1, -0.05) is 0 Å². The van der Waals surface area contributed by atoms with Crippen LogP contribution in [0.2, 0.25) is 0 Å². The molecule has 0 heterocycles. The molecule has 0 aliphatic carbocycles. The van der Waals surface area contributed by atoms with Crippen molar-refractivity contribution in [3.8, 4) is 0 Å².